The van der Waals surface area contributed by atoms with Gasteiger partial charge in [-0.2, -0.15) is 0 Å². The maximum absolute atomic E-state index is 6.07. The maximum Gasteiger partial charge on any atom is 0.116 e. The van der Waals surface area contributed by atoms with Gasteiger partial charge in [0.2, 0.25) is 0 Å². The SMILES string of the molecule is Cc1csc(-c2cc(-c3nccc4c(N)cccc34)ncn2)c1. The number of hydrogen-bond acceptors (Lipinski definition) is 5. The van der Waals surface area contributed by atoms with Crippen molar-refractivity contribution in [1.29, 1.82) is 0 Å². The normalized spacial score (nSPS) is 11.0. The highest BCUT2D eigenvalue weighted by Gasteiger charge is 2.10. The molecule has 3 aromatic heterocycles. The summed E-state index contributed by atoms with van der Waals surface area (Å²) in [4.78, 5) is 14.5. The second-order valence-corrected chi connectivity index (χ2v) is 6.29. The summed E-state index contributed by atoms with van der Waals surface area (Å²) in [6.07, 6.45) is 3.36. The fourth-order valence-corrected chi connectivity index (χ4v) is 3.49. The number of pyridine rings is 1. The number of hydrogen-bond donors (Lipinski definition) is 1. The molecule has 0 aliphatic carbocycles. The Kier molecular flexibility index (Phi) is 3.28. The van der Waals surface area contributed by atoms with E-state index >= 15 is 0 Å². The molecule has 4 nitrogen and oxygen atoms in total. The fraction of sp³-hybridized carbons (Fsp3) is 0.0556. The number of anilines is 1. The number of nitrogen functional groups attached to an aromatic ring is 1. The minimum atomic E-state index is 0.745. The molecule has 0 radical (unpaired) electrons. The van der Waals surface area contributed by atoms with Gasteiger partial charge in [-0.25, -0.2) is 9.97 Å². The smallest absolute Gasteiger partial charge is 0.116 e. The Labute approximate surface area is 137 Å². The van der Waals surface area contributed by atoms with E-state index < -0.39 is 0 Å². The first kappa shape index (κ1) is 13.8. The van der Waals surface area contributed by atoms with Gasteiger partial charge in [0.25, 0.3) is 0 Å². The topological polar surface area (TPSA) is 64.7 Å². The van der Waals surface area contributed by atoms with Crippen molar-refractivity contribution in [1.82, 2.24) is 15.0 Å². The van der Waals surface area contributed by atoms with Crippen molar-refractivity contribution in [3.63, 3.8) is 0 Å². The van der Waals surface area contributed by atoms with Crippen LogP contribution in [0, 0.1) is 6.92 Å². The van der Waals surface area contributed by atoms with Crippen molar-refractivity contribution in [2.45, 2.75) is 6.92 Å². The highest BCUT2D eigenvalue weighted by molar-refractivity contribution is 7.13. The van der Waals surface area contributed by atoms with Gasteiger partial charge in [0.1, 0.15) is 6.33 Å². The van der Waals surface area contributed by atoms with Crippen molar-refractivity contribution in [3.8, 4) is 22.0 Å². The lowest BCUT2D eigenvalue weighted by atomic mass is 10.1. The van der Waals surface area contributed by atoms with Gasteiger partial charge in [-0.3, -0.25) is 4.98 Å². The first-order chi connectivity index (χ1) is 11.2. The zero-order valence-electron chi connectivity index (χ0n) is 12.5. The molecular formula is C18H14N4S. The molecule has 4 rings (SSSR count). The van der Waals surface area contributed by atoms with E-state index in [1.165, 1.54) is 5.56 Å². The van der Waals surface area contributed by atoms with E-state index in [0.29, 0.717) is 0 Å². The summed E-state index contributed by atoms with van der Waals surface area (Å²) in [7, 11) is 0. The summed E-state index contributed by atoms with van der Waals surface area (Å²) in [5.41, 5.74) is 10.6. The Morgan fingerprint density at radius 1 is 0.957 bits per heavy atom. The molecule has 0 bridgehead atoms. The van der Waals surface area contributed by atoms with Crippen LogP contribution in [0.5, 0.6) is 0 Å². The second-order valence-electron chi connectivity index (χ2n) is 5.38. The Balaban J connectivity index is 1.90. The molecular weight excluding hydrogens is 304 g/mol. The second kappa shape index (κ2) is 5.44. The van der Waals surface area contributed by atoms with Gasteiger partial charge < -0.3 is 5.73 Å². The summed E-state index contributed by atoms with van der Waals surface area (Å²) in [6, 6.07) is 11.9. The molecule has 3 heterocycles. The molecule has 0 saturated heterocycles. The van der Waals surface area contributed by atoms with Crippen LogP contribution in [0.3, 0.4) is 0 Å². The summed E-state index contributed by atoms with van der Waals surface area (Å²) in [6.45, 7) is 2.08. The molecule has 0 unspecified atom stereocenters. The first-order valence-corrected chi connectivity index (χ1v) is 8.11. The van der Waals surface area contributed by atoms with E-state index in [1.54, 1.807) is 23.9 Å². The molecule has 0 atom stereocenters. The number of nitrogens with two attached hydrogens (primary N) is 1. The quantitative estimate of drug-likeness (QED) is 0.559. The Hall–Kier alpha value is -2.79. The number of benzene rings is 1. The molecule has 0 fully saturated rings. The van der Waals surface area contributed by atoms with Crippen molar-refractivity contribution in [2.75, 3.05) is 5.73 Å². The third-order valence-corrected chi connectivity index (χ3v) is 4.80. The number of fused-ring (bicyclic) bond motifs is 1. The van der Waals surface area contributed by atoms with Crippen LogP contribution in [-0.2, 0) is 0 Å². The zero-order valence-corrected chi connectivity index (χ0v) is 13.3. The van der Waals surface area contributed by atoms with E-state index in [4.69, 9.17) is 5.73 Å². The van der Waals surface area contributed by atoms with Crippen LogP contribution in [0.15, 0.2) is 54.3 Å². The van der Waals surface area contributed by atoms with Crippen LogP contribution >= 0.6 is 11.3 Å². The van der Waals surface area contributed by atoms with Crippen LogP contribution < -0.4 is 5.73 Å². The van der Waals surface area contributed by atoms with Gasteiger partial charge in [0.05, 0.1) is 22.0 Å². The molecule has 0 amide bonds. The highest BCUT2D eigenvalue weighted by atomic mass is 32.1. The summed E-state index contributed by atoms with van der Waals surface area (Å²) in [5.74, 6) is 0. The van der Waals surface area contributed by atoms with E-state index in [9.17, 15) is 0 Å². The van der Waals surface area contributed by atoms with Crippen molar-refractivity contribution >= 4 is 27.8 Å². The lowest BCUT2D eigenvalue weighted by Gasteiger charge is -2.07. The van der Waals surface area contributed by atoms with Crippen molar-refractivity contribution in [2.24, 2.45) is 0 Å². The molecule has 23 heavy (non-hydrogen) atoms. The Bertz CT molecular complexity index is 1010. The molecule has 1 aromatic carbocycles. The molecule has 0 aliphatic rings. The van der Waals surface area contributed by atoms with E-state index in [1.807, 2.05) is 30.3 Å². The lowest BCUT2D eigenvalue weighted by Crippen LogP contribution is -1.93. The molecule has 2 N–H and O–H groups in total. The Morgan fingerprint density at radius 3 is 2.65 bits per heavy atom. The number of thiophene rings is 1. The molecule has 4 aromatic rings. The third kappa shape index (κ3) is 2.45. The standard InChI is InChI=1S/C18H14N4S/c1-11-7-17(23-9-11)15-8-16(22-10-21-15)18-13-3-2-4-14(19)12(13)5-6-20-18/h2-10H,19H2,1H3. The largest absolute Gasteiger partial charge is 0.398 e. The minimum Gasteiger partial charge on any atom is -0.398 e. The average molecular weight is 318 g/mol. The minimum absolute atomic E-state index is 0.745. The number of aryl methyl sites for hydroxylation is 1. The maximum atomic E-state index is 6.07. The monoisotopic (exact) mass is 318 g/mol. The molecule has 0 spiro atoms. The van der Waals surface area contributed by atoms with Crippen LogP contribution in [0.4, 0.5) is 5.69 Å². The Morgan fingerprint density at radius 2 is 1.83 bits per heavy atom. The summed E-state index contributed by atoms with van der Waals surface area (Å²) >= 11 is 1.68. The van der Waals surface area contributed by atoms with Crippen LogP contribution in [0.1, 0.15) is 5.56 Å². The highest BCUT2D eigenvalue weighted by Crippen LogP contribution is 2.31. The van der Waals surface area contributed by atoms with E-state index in [-0.39, 0.29) is 0 Å². The third-order valence-electron chi connectivity index (χ3n) is 3.73. The van der Waals surface area contributed by atoms with Crippen LogP contribution in [0.2, 0.25) is 0 Å². The fourth-order valence-electron chi connectivity index (χ4n) is 2.62. The van der Waals surface area contributed by atoms with Gasteiger partial charge in [0.15, 0.2) is 0 Å². The van der Waals surface area contributed by atoms with Crippen molar-refractivity contribution < 1.29 is 0 Å². The predicted octanol–water partition coefficient (Wildman–Crippen LogP) is 4.31. The molecule has 0 aliphatic heterocycles. The van der Waals surface area contributed by atoms with Gasteiger partial charge in [-0.1, -0.05) is 12.1 Å². The van der Waals surface area contributed by atoms with Gasteiger partial charge in [-0.15, -0.1) is 11.3 Å². The first-order valence-electron chi connectivity index (χ1n) is 7.23. The summed E-state index contributed by atoms with van der Waals surface area (Å²) < 4.78 is 0. The van der Waals surface area contributed by atoms with Gasteiger partial charge in [0, 0.05) is 22.7 Å². The number of aromatic nitrogens is 3. The average Bonchev–Trinajstić information content (AvgIpc) is 3.02. The molecule has 112 valence electrons. The molecule has 0 saturated carbocycles. The predicted molar refractivity (Wildman–Crippen MR) is 95.2 cm³/mol. The number of rotatable bonds is 2. The van der Waals surface area contributed by atoms with Gasteiger partial charge in [-0.05, 0) is 42.1 Å². The van der Waals surface area contributed by atoms with E-state index in [0.717, 1.165) is 38.4 Å². The van der Waals surface area contributed by atoms with Crippen LogP contribution in [0.25, 0.3) is 32.7 Å². The molecule has 5 heteroatoms. The zero-order chi connectivity index (χ0) is 15.8. The summed E-state index contributed by atoms with van der Waals surface area (Å²) in [5, 5.41) is 4.11. The lowest BCUT2D eigenvalue weighted by molar-refractivity contribution is 1.16. The van der Waals surface area contributed by atoms with E-state index in [2.05, 4.69) is 33.3 Å². The van der Waals surface area contributed by atoms with Gasteiger partial charge >= 0.3 is 0 Å². The van der Waals surface area contributed by atoms with Crippen molar-refractivity contribution in [3.05, 3.63) is 59.9 Å². The van der Waals surface area contributed by atoms with Crippen LogP contribution in [-0.4, -0.2) is 15.0 Å². The number of nitrogens with zero attached hydrogens (tertiary/aromatic N) is 3.